The van der Waals surface area contributed by atoms with Crippen LogP contribution in [-0.2, 0) is 0 Å². The average Bonchev–Trinajstić information content (AvgIpc) is 0.800. The quantitative estimate of drug-likeness (QED) is 0.144. The maximum Gasteiger partial charge on any atom is 0.163 e. The van der Waals surface area contributed by atoms with Gasteiger partial charge in [0.05, 0.1) is 39.1 Å². The van der Waals surface area contributed by atoms with E-state index in [1.165, 1.54) is 60.5 Å². The molecule has 104 heavy (non-hydrogen) atoms. The summed E-state index contributed by atoms with van der Waals surface area (Å²) in [6.45, 7) is 12.2. The number of rotatable bonds is 7. The first-order valence-corrected chi connectivity index (χ1v) is 34.8. The second-order valence-corrected chi connectivity index (χ2v) is 25.3. The Balaban J connectivity index is 0.000000114. The number of hydrogen-bond donors (Lipinski definition) is 0. The van der Waals surface area contributed by atoms with Crippen LogP contribution in [0.2, 0.25) is 0 Å². The Morgan fingerprint density at radius 2 is 0.615 bits per heavy atom. The normalized spacial score (nSPS) is 10.6. The van der Waals surface area contributed by atoms with E-state index in [0.717, 1.165) is 89.1 Å². The van der Waals surface area contributed by atoms with Crippen molar-refractivity contribution in [1.29, 1.82) is 0 Å². The summed E-state index contributed by atoms with van der Waals surface area (Å²) < 4.78 is 0. The van der Waals surface area contributed by atoms with Gasteiger partial charge >= 0.3 is 0 Å². The highest BCUT2D eigenvalue weighted by atomic mass is 15.0. The van der Waals surface area contributed by atoms with Crippen molar-refractivity contribution in [3.63, 3.8) is 0 Å². The van der Waals surface area contributed by atoms with Crippen molar-refractivity contribution < 1.29 is 0 Å². The number of aromatic nitrogens is 9. The highest BCUT2D eigenvalue weighted by Crippen LogP contribution is 2.32. The summed E-state index contributed by atoms with van der Waals surface area (Å²) in [6.07, 6.45) is 5.45. The molecule has 502 valence electrons. The van der Waals surface area contributed by atoms with Crippen LogP contribution >= 0.6 is 0 Å². The van der Waals surface area contributed by atoms with Crippen LogP contribution < -0.4 is 0 Å². The fourth-order valence-electron chi connectivity index (χ4n) is 12.0. The van der Waals surface area contributed by atoms with Crippen molar-refractivity contribution >= 4 is 54.4 Å². The molecule has 7 aromatic heterocycles. The molecule has 9 nitrogen and oxygen atoms in total. The first kappa shape index (κ1) is 69.1. The smallest absolute Gasteiger partial charge is 0.163 e. The molecule has 0 fully saturated rings. The molecule has 0 atom stereocenters. The van der Waals surface area contributed by atoms with Gasteiger partial charge in [-0.3, -0.25) is 24.9 Å². The standard InChI is InChI=1S/C24H19N.C22H17N3.C14H11N.C13H10N2.C12H11N.C10H9N/c1-18-12-14-19(15-13-18)22-16-23(20-8-4-2-5-9-20)25-24(17-22)21-10-6-3-7-11-21;1-16-23-21(18-11-6-3-7-12-18)25-22(24-16)20-14-8-13-19(15-20)17-9-4-2-5-10-17;1-10-6-7-12-9-8-11-4-2-3-5-13(11)14(12)15-10;1-9-4-5-11-7-6-10-3-2-8-14-12(10)13(11)15-9;1-10-5-7-11(8-6-10)12-4-2-3-9-13-12;1-8-4-2-5-9-6-3-7-11-10(8)9/h2-17H,1H3;2-15H,1H3;2-9H,1H3;2-8H,1H3;2-9H,1H3;2-7H,1H3. The van der Waals surface area contributed by atoms with Crippen molar-refractivity contribution in [3.8, 4) is 78.8 Å². The zero-order valence-corrected chi connectivity index (χ0v) is 59.1. The number of hydrogen-bond acceptors (Lipinski definition) is 9. The van der Waals surface area contributed by atoms with Gasteiger partial charge in [0.25, 0.3) is 0 Å². The summed E-state index contributed by atoms with van der Waals surface area (Å²) in [5.74, 6) is 2.12. The van der Waals surface area contributed by atoms with E-state index in [1.807, 2.05) is 149 Å². The van der Waals surface area contributed by atoms with Crippen LogP contribution in [0.4, 0.5) is 0 Å². The number of aryl methyl sites for hydroxylation is 6. The number of nitrogens with zero attached hydrogens (tertiary/aromatic N) is 9. The monoisotopic (exact) mass is 1340 g/mol. The summed E-state index contributed by atoms with van der Waals surface area (Å²) in [6, 6.07) is 116. The minimum absolute atomic E-state index is 0.698. The molecule has 0 bridgehead atoms. The summed E-state index contributed by atoms with van der Waals surface area (Å²) in [5, 5.41) is 7.20. The maximum atomic E-state index is 4.92. The highest BCUT2D eigenvalue weighted by Gasteiger charge is 2.12. The number of benzene rings is 11. The van der Waals surface area contributed by atoms with E-state index in [0.29, 0.717) is 17.5 Å². The predicted molar refractivity (Wildman–Crippen MR) is 433 cm³/mol. The molecule has 0 saturated carbocycles. The van der Waals surface area contributed by atoms with Crippen LogP contribution in [-0.4, -0.2) is 44.9 Å². The van der Waals surface area contributed by atoms with Crippen LogP contribution in [0.5, 0.6) is 0 Å². The lowest BCUT2D eigenvalue weighted by molar-refractivity contribution is 0.992. The second kappa shape index (κ2) is 33.7. The van der Waals surface area contributed by atoms with Crippen LogP contribution in [0, 0.1) is 41.5 Å². The Kier molecular flexibility index (Phi) is 22.4. The van der Waals surface area contributed by atoms with Crippen LogP contribution in [0.3, 0.4) is 0 Å². The van der Waals surface area contributed by atoms with Crippen LogP contribution in [0.1, 0.15) is 33.9 Å². The molecule has 0 aliphatic rings. The van der Waals surface area contributed by atoms with E-state index in [1.54, 1.807) is 0 Å². The molecule has 7 heterocycles. The lowest BCUT2D eigenvalue weighted by Crippen LogP contribution is -1.99. The largest absolute Gasteiger partial charge is 0.256 e. The van der Waals surface area contributed by atoms with Gasteiger partial charge in [0.1, 0.15) is 5.82 Å². The zero-order chi connectivity index (χ0) is 71.4. The van der Waals surface area contributed by atoms with Gasteiger partial charge in [0, 0.05) is 84.7 Å². The van der Waals surface area contributed by atoms with Gasteiger partial charge in [-0.2, -0.15) is 0 Å². The minimum Gasteiger partial charge on any atom is -0.256 e. The SMILES string of the molecule is Cc1ccc(-c2cc(-c3ccccc3)nc(-c3ccccc3)c2)cc1.Cc1ccc(-c2ccccn2)cc1.Cc1ccc2ccc3ccccc3c2n1.Cc1ccc2ccc3cccnc3c2n1.Cc1cccc2cccnc12.Cc1nc(-c2ccccc2)nc(-c2cccc(-c3ccccc3)c2)n1. The molecule has 18 aromatic rings. The summed E-state index contributed by atoms with van der Waals surface area (Å²) in [4.78, 5) is 40.7. The van der Waals surface area contributed by atoms with Gasteiger partial charge < -0.3 is 0 Å². The zero-order valence-electron chi connectivity index (χ0n) is 59.1. The molecule has 0 radical (unpaired) electrons. The van der Waals surface area contributed by atoms with E-state index in [9.17, 15) is 0 Å². The molecular weight excluding hydrogens is 1270 g/mol. The molecule has 0 N–H and O–H groups in total. The number of para-hydroxylation sites is 1. The third-order valence-electron chi connectivity index (χ3n) is 17.5. The van der Waals surface area contributed by atoms with Gasteiger partial charge in [-0.25, -0.2) is 19.9 Å². The molecule has 0 saturated heterocycles. The first-order chi connectivity index (χ1) is 51.0. The van der Waals surface area contributed by atoms with Crippen molar-refractivity contribution in [3.05, 3.63) is 392 Å². The molecule has 0 amide bonds. The van der Waals surface area contributed by atoms with Gasteiger partial charge in [0.15, 0.2) is 11.6 Å². The number of pyridine rings is 6. The van der Waals surface area contributed by atoms with E-state index < -0.39 is 0 Å². The molecule has 9 heteroatoms. The Labute approximate surface area is 608 Å². The van der Waals surface area contributed by atoms with E-state index in [-0.39, 0.29) is 0 Å². The molecule has 0 aliphatic heterocycles. The van der Waals surface area contributed by atoms with Crippen LogP contribution in [0.15, 0.2) is 358 Å². The molecule has 0 spiro atoms. The summed E-state index contributed by atoms with van der Waals surface area (Å²) in [5.41, 5.74) is 23.2. The minimum atomic E-state index is 0.698. The molecule has 18 rings (SSSR count). The Morgan fingerprint density at radius 1 is 0.202 bits per heavy atom. The summed E-state index contributed by atoms with van der Waals surface area (Å²) in [7, 11) is 0. The van der Waals surface area contributed by atoms with E-state index >= 15 is 0 Å². The Bertz CT molecular complexity index is 5660. The Hall–Kier alpha value is -13.4. The topological polar surface area (TPSA) is 116 Å². The van der Waals surface area contributed by atoms with Crippen molar-refractivity contribution in [2.24, 2.45) is 0 Å². The molecule has 0 unspecified atom stereocenters. The molecule has 11 aromatic carbocycles. The van der Waals surface area contributed by atoms with Gasteiger partial charge in [-0.15, -0.1) is 0 Å². The second-order valence-electron chi connectivity index (χ2n) is 25.3. The third kappa shape index (κ3) is 17.8. The lowest BCUT2D eigenvalue weighted by Gasteiger charge is -2.10. The van der Waals surface area contributed by atoms with Gasteiger partial charge in [0.2, 0.25) is 0 Å². The Morgan fingerprint density at radius 3 is 1.21 bits per heavy atom. The lowest BCUT2D eigenvalue weighted by atomic mass is 9.99. The first-order valence-electron chi connectivity index (χ1n) is 34.8. The fraction of sp³-hybridized carbons (Fsp3) is 0.0632. The van der Waals surface area contributed by atoms with Crippen molar-refractivity contribution in [2.45, 2.75) is 41.5 Å². The summed E-state index contributed by atoms with van der Waals surface area (Å²) >= 11 is 0. The van der Waals surface area contributed by atoms with Crippen molar-refractivity contribution in [2.75, 3.05) is 0 Å². The number of fused-ring (bicyclic) bond motifs is 7. The highest BCUT2D eigenvalue weighted by molar-refractivity contribution is 6.05. The average molecular weight is 1340 g/mol. The van der Waals surface area contributed by atoms with E-state index in [2.05, 4.69) is 291 Å². The molecular formula is C95H77N9. The predicted octanol–water partition coefficient (Wildman–Crippen LogP) is 24.0. The maximum absolute atomic E-state index is 4.92. The fourth-order valence-corrected chi connectivity index (χ4v) is 12.0. The molecule has 0 aliphatic carbocycles. The van der Waals surface area contributed by atoms with Gasteiger partial charge in [-0.1, -0.05) is 296 Å². The van der Waals surface area contributed by atoms with E-state index in [4.69, 9.17) is 4.98 Å². The van der Waals surface area contributed by atoms with Crippen molar-refractivity contribution in [1.82, 2.24) is 44.9 Å². The third-order valence-corrected chi connectivity index (χ3v) is 17.5. The van der Waals surface area contributed by atoms with Crippen LogP contribution in [0.25, 0.3) is 133 Å². The van der Waals surface area contributed by atoms with Gasteiger partial charge in [-0.05, 0) is 129 Å².